The molecule has 1 aromatic carbocycles. The maximum Gasteiger partial charge on any atom is 0.123 e. The van der Waals surface area contributed by atoms with E-state index in [0.717, 1.165) is 22.8 Å². The highest BCUT2D eigenvalue weighted by Crippen LogP contribution is 2.19. The Bertz CT molecular complexity index is 581. The fraction of sp³-hybridized carbons (Fsp3) is 0.214. The number of rotatable bonds is 4. The molecule has 2 aromatic rings. The fourth-order valence-electron chi connectivity index (χ4n) is 1.72. The minimum atomic E-state index is 0.321. The topological polar surface area (TPSA) is 75.0 Å². The van der Waals surface area contributed by atoms with Crippen molar-refractivity contribution in [2.75, 3.05) is 11.1 Å². The number of nitrogens with two attached hydrogens (primary N) is 1. The highest BCUT2D eigenvalue weighted by molar-refractivity contribution is 5.58. The summed E-state index contributed by atoms with van der Waals surface area (Å²) in [5.74, 6) is 1.78. The van der Waals surface area contributed by atoms with Gasteiger partial charge in [-0.05, 0) is 42.8 Å². The SMILES string of the molecule is Cc1ccc(CNc2ccc(N)c(CC#N)c2)o1. The standard InChI is InChI=1S/C14H15N3O/c1-10-2-4-13(18-10)9-17-12-3-5-14(16)11(8-12)6-7-15/h2-5,8,17H,6,9,16H2,1H3. The Labute approximate surface area is 106 Å². The number of nitrogens with zero attached hydrogens (tertiary/aromatic N) is 1. The van der Waals surface area contributed by atoms with E-state index in [0.29, 0.717) is 18.7 Å². The number of nitrogens with one attached hydrogen (secondary N) is 1. The molecule has 0 aliphatic carbocycles. The first-order valence-corrected chi connectivity index (χ1v) is 5.73. The minimum absolute atomic E-state index is 0.321. The quantitative estimate of drug-likeness (QED) is 0.807. The van der Waals surface area contributed by atoms with Gasteiger partial charge in [0.1, 0.15) is 11.5 Å². The maximum absolute atomic E-state index is 8.70. The third kappa shape index (κ3) is 2.83. The first-order valence-electron chi connectivity index (χ1n) is 5.73. The van der Waals surface area contributed by atoms with Gasteiger partial charge in [0.05, 0.1) is 19.0 Å². The van der Waals surface area contributed by atoms with Gasteiger partial charge in [0.15, 0.2) is 0 Å². The Balaban J connectivity index is 2.05. The normalized spacial score (nSPS) is 10.0. The number of benzene rings is 1. The van der Waals surface area contributed by atoms with Gasteiger partial charge in [0.25, 0.3) is 0 Å². The smallest absolute Gasteiger partial charge is 0.123 e. The molecule has 4 nitrogen and oxygen atoms in total. The monoisotopic (exact) mass is 241 g/mol. The molecule has 0 unspecified atom stereocenters. The van der Waals surface area contributed by atoms with E-state index in [1.807, 2.05) is 37.3 Å². The predicted molar refractivity (Wildman–Crippen MR) is 70.9 cm³/mol. The molecule has 0 atom stereocenters. The molecule has 1 heterocycles. The Morgan fingerprint density at radius 2 is 2.17 bits per heavy atom. The van der Waals surface area contributed by atoms with Crippen LogP contribution in [0.25, 0.3) is 0 Å². The summed E-state index contributed by atoms with van der Waals surface area (Å²) >= 11 is 0. The Morgan fingerprint density at radius 1 is 1.33 bits per heavy atom. The molecule has 0 aliphatic rings. The number of furan rings is 1. The van der Waals surface area contributed by atoms with Crippen LogP contribution in [0.2, 0.25) is 0 Å². The van der Waals surface area contributed by atoms with Crippen molar-refractivity contribution in [2.45, 2.75) is 19.9 Å². The van der Waals surface area contributed by atoms with Crippen molar-refractivity contribution in [3.05, 3.63) is 47.4 Å². The molecule has 3 N–H and O–H groups in total. The first kappa shape index (κ1) is 12.1. The van der Waals surface area contributed by atoms with Crippen LogP contribution in [-0.4, -0.2) is 0 Å². The molecule has 0 saturated heterocycles. The number of nitrogen functional groups attached to an aromatic ring is 1. The van der Waals surface area contributed by atoms with E-state index in [9.17, 15) is 0 Å². The van der Waals surface area contributed by atoms with Crippen molar-refractivity contribution < 1.29 is 4.42 Å². The van der Waals surface area contributed by atoms with E-state index in [1.54, 1.807) is 0 Å². The molecule has 0 saturated carbocycles. The number of hydrogen-bond donors (Lipinski definition) is 2. The van der Waals surface area contributed by atoms with Crippen LogP contribution >= 0.6 is 0 Å². The van der Waals surface area contributed by atoms with Crippen LogP contribution in [0.4, 0.5) is 11.4 Å². The second-order valence-electron chi connectivity index (χ2n) is 4.11. The summed E-state index contributed by atoms with van der Waals surface area (Å²) in [5, 5.41) is 11.9. The minimum Gasteiger partial charge on any atom is -0.465 e. The van der Waals surface area contributed by atoms with E-state index in [-0.39, 0.29) is 0 Å². The molecular weight excluding hydrogens is 226 g/mol. The molecule has 0 amide bonds. The lowest BCUT2D eigenvalue weighted by Gasteiger charge is -2.08. The summed E-state index contributed by atoms with van der Waals surface area (Å²) in [7, 11) is 0. The zero-order chi connectivity index (χ0) is 13.0. The zero-order valence-electron chi connectivity index (χ0n) is 10.2. The van der Waals surface area contributed by atoms with Crippen molar-refractivity contribution in [2.24, 2.45) is 0 Å². The summed E-state index contributed by atoms with van der Waals surface area (Å²) in [4.78, 5) is 0. The Kier molecular flexibility index (Phi) is 3.54. The highest BCUT2D eigenvalue weighted by Gasteiger charge is 2.02. The Hall–Kier alpha value is -2.41. The third-order valence-electron chi connectivity index (χ3n) is 2.68. The van der Waals surface area contributed by atoms with E-state index in [2.05, 4.69) is 11.4 Å². The lowest BCUT2D eigenvalue weighted by atomic mass is 10.1. The average Bonchev–Trinajstić information content (AvgIpc) is 2.76. The molecule has 4 heteroatoms. The van der Waals surface area contributed by atoms with Crippen LogP contribution < -0.4 is 11.1 Å². The number of nitriles is 1. The van der Waals surface area contributed by atoms with Gasteiger partial charge >= 0.3 is 0 Å². The average molecular weight is 241 g/mol. The van der Waals surface area contributed by atoms with Crippen LogP contribution in [0.1, 0.15) is 17.1 Å². The zero-order valence-corrected chi connectivity index (χ0v) is 10.2. The molecule has 0 spiro atoms. The van der Waals surface area contributed by atoms with E-state index >= 15 is 0 Å². The van der Waals surface area contributed by atoms with Crippen LogP contribution in [-0.2, 0) is 13.0 Å². The molecule has 0 fully saturated rings. The van der Waals surface area contributed by atoms with Gasteiger partial charge in [-0.3, -0.25) is 0 Å². The van der Waals surface area contributed by atoms with Crippen LogP contribution in [0.3, 0.4) is 0 Å². The molecule has 92 valence electrons. The lowest BCUT2D eigenvalue weighted by molar-refractivity contribution is 0.490. The second-order valence-corrected chi connectivity index (χ2v) is 4.11. The molecule has 18 heavy (non-hydrogen) atoms. The second kappa shape index (κ2) is 5.28. The van der Waals surface area contributed by atoms with Crippen molar-refractivity contribution in [3.63, 3.8) is 0 Å². The van der Waals surface area contributed by atoms with Crippen molar-refractivity contribution in [1.29, 1.82) is 5.26 Å². The molecule has 0 bridgehead atoms. The molecular formula is C14H15N3O. The molecule has 0 radical (unpaired) electrons. The van der Waals surface area contributed by atoms with Gasteiger partial charge in [0.2, 0.25) is 0 Å². The van der Waals surface area contributed by atoms with E-state index in [4.69, 9.17) is 15.4 Å². The van der Waals surface area contributed by atoms with Crippen LogP contribution in [0, 0.1) is 18.3 Å². The fourth-order valence-corrected chi connectivity index (χ4v) is 1.72. The molecule has 1 aromatic heterocycles. The van der Waals surface area contributed by atoms with Crippen molar-refractivity contribution in [3.8, 4) is 6.07 Å². The summed E-state index contributed by atoms with van der Waals surface area (Å²) in [6.45, 7) is 2.53. The van der Waals surface area contributed by atoms with Gasteiger partial charge < -0.3 is 15.5 Å². The summed E-state index contributed by atoms with van der Waals surface area (Å²) < 4.78 is 5.47. The number of hydrogen-bond acceptors (Lipinski definition) is 4. The van der Waals surface area contributed by atoms with E-state index < -0.39 is 0 Å². The third-order valence-corrected chi connectivity index (χ3v) is 2.68. The van der Waals surface area contributed by atoms with Crippen LogP contribution in [0.15, 0.2) is 34.7 Å². The number of anilines is 2. The predicted octanol–water partition coefficient (Wildman–Crippen LogP) is 2.85. The molecule has 2 rings (SSSR count). The first-order chi connectivity index (χ1) is 8.69. The Morgan fingerprint density at radius 3 is 2.83 bits per heavy atom. The van der Waals surface area contributed by atoms with Gasteiger partial charge in [-0.1, -0.05) is 0 Å². The van der Waals surface area contributed by atoms with Gasteiger partial charge in [-0.15, -0.1) is 0 Å². The lowest BCUT2D eigenvalue weighted by Crippen LogP contribution is -2.00. The van der Waals surface area contributed by atoms with Crippen molar-refractivity contribution in [1.82, 2.24) is 0 Å². The van der Waals surface area contributed by atoms with Gasteiger partial charge in [0, 0.05) is 11.4 Å². The summed E-state index contributed by atoms with van der Waals surface area (Å²) in [6, 6.07) is 11.6. The largest absolute Gasteiger partial charge is 0.465 e. The van der Waals surface area contributed by atoms with Crippen LogP contribution in [0.5, 0.6) is 0 Å². The molecule has 0 aliphatic heterocycles. The summed E-state index contributed by atoms with van der Waals surface area (Å²) in [6.07, 6.45) is 0.321. The van der Waals surface area contributed by atoms with Gasteiger partial charge in [-0.2, -0.15) is 5.26 Å². The number of aryl methyl sites for hydroxylation is 1. The van der Waals surface area contributed by atoms with Gasteiger partial charge in [-0.25, -0.2) is 0 Å². The van der Waals surface area contributed by atoms with E-state index in [1.165, 1.54) is 0 Å². The maximum atomic E-state index is 8.70. The summed E-state index contributed by atoms with van der Waals surface area (Å²) in [5.41, 5.74) is 8.22. The van der Waals surface area contributed by atoms with Crippen molar-refractivity contribution >= 4 is 11.4 Å². The highest BCUT2D eigenvalue weighted by atomic mass is 16.3.